The Labute approximate surface area is 311 Å². The molecule has 53 heavy (non-hydrogen) atoms. The number of morpholine rings is 1. The van der Waals surface area contributed by atoms with E-state index in [2.05, 4.69) is 27.3 Å². The second kappa shape index (κ2) is 20.4. The van der Waals surface area contributed by atoms with Crippen molar-refractivity contribution in [1.29, 1.82) is 0 Å². The molecule has 0 unspecified atom stereocenters. The highest BCUT2D eigenvalue weighted by Gasteiger charge is 2.51. The van der Waals surface area contributed by atoms with Gasteiger partial charge in [0.1, 0.15) is 12.1 Å². The Bertz CT molecular complexity index is 1480. The van der Waals surface area contributed by atoms with Crippen molar-refractivity contribution in [2.45, 2.75) is 75.4 Å². The third-order valence-electron chi connectivity index (χ3n) is 10.1. The van der Waals surface area contributed by atoms with Crippen LogP contribution in [0.1, 0.15) is 50.5 Å². The predicted octanol–water partition coefficient (Wildman–Crippen LogP) is 0.848. The van der Waals surface area contributed by atoms with Gasteiger partial charge in [0, 0.05) is 52.4 Å². The third-order valence-corrected chi connectivity index (χ3v) is 11.7. The van der Waals surface area contributed by atoms with E-state index >= 15 is 8.78 Å². The summed E-state index contributed by atoms with van der Waals surface area (Å²) in [6.07, 6.45) is 5.08. The summed E-state index contributed by atoms with van der Waals surface area (Å²) in [6, 6.07) is 4.30. The quantitative estimate of drug-likeness (QED) is 0.118. The SMILES string of the molecule is C=CC[C@H](NC(=O)[C@H](Cc1ccccc1)NS(=O)(=O)N1CCN(C)CC1)C(=O)N[C@@H](CC1CCCCC1)C(=O)C(F)(F)C(=O)NCCN1CCOCC1. The Morgan fingerprint density at radius 1 is 0.925 bits per heavy atom. The van der Waals surface area contributed by atoms with Crippen LogP contribution in [0, 0.1) is 5.92 Å². The lowest BCUT2D eigenvalue weighted by molar-refractivity contribution is -0.160. The molecular formula is C36H55F2N7O7S. The normalized spacial score (nSPS) is 20.1. The lowest BCUT2D eigenvalue weighted by Crippen LogP contribution is -2.60. The van der Waals surface area contributed by atoms with Gasteiger partial charge in [-0.05, 0) is 37.8 Å². The highest BCUT2D eigenvalue weighted by Crippen LogP contribution is 2.29. The Morgan fingerprint density at radius 3 is 2.19 bits per heavy atom. The molecule has 4 N–H and O–H groups in total. The number of nitrogens with one attached hydrogen (secondary N) is 4. The van der Waals surface area contributed by atoms with E-state index in [-0.39, 0.29) is 44.8 Å². The average Bonchev–Trinajstić information content (AvgIpc) is 3.15. The van der Waals surface area contributed by atoms with Crippen molar-refractivity contribution in [3.8, 4) is 0 Å². The molecule has 2 heterocycles. The molecule has 17 heteroatoms. The lowest BCUT2D eigenvalue weighted by atomic mass is 9.83. The summed E-state index contributed by atoms with van der Waals surface area (Å²) in [5.41, 5.74) is 0.655. The van der Waals surface area contributed by atoms with Gasteiger partial charge in [0.25, 0.3) is 16.1 Å². The Hall–Kier alpha value is -3.35. The van der Waals surface area contributed by atoms with Crippen LogP contribution in [0.5, 0.6) is 0 Å². The molecule has 1 aromatic carbocycles. The summed E-state index contributed by atoms with van der Waals surface area (Å²) in [5.74, 6) is -9.80. The molecule has 2 saturated heterocycles. The maximum Gasteiger partial charge on any atom is 0.383 e. The topological polar surface area (TPSA) is 169 Å². The molecule has 1 aliphatic carbocycles. The van der Waals surface area contributed by atoms with E-state index in [4.69, 9.17) is 4.74 Å². The number of amides is 3. The van der Waals surface area contributed by atoms with Crippen LogP contribution in [-0.2, 0) is 40.5 Å². The Balaban J connectivity index is 1.48. The smallest absolute Gasteiger partial charge is 0.379 e. The first-order valence-electron chi connectivity index (χ1n) is 18.5. The van der Waals surface area contributed by atoms with Gasteiger partial charge >= 0.3 is 5.92 Å². The second-order valence-electron chi connectivity index (χ2n) is 14.1. The van der Waals surface area contributed by atoms with Crippen molar-refractivity contribution in [3.63, 3.8) is 0 Å². The van der Waals surface area contributed by atoms with Gasteiger partial charge in [-0.1, -0.05) is 68.5 Å². The number of benzene rings is 1. The maximum absolute atomic E-state index is 15.5. The van der Waals surface area contributed by atoms with Crippen molar-refractivity contribution in [2.75, 3.05) is 72.6 Å². The number of rotatable bonds is 19. The number of carbonyl (C=O) groups excluding carboxylic acids is 4. The van der Waals surface area contributed by atoms with Crippen molar-refractivity contribution in [3.05, 3.63) is 48.6 Å². The van der Waals surface area contributed by atoms with Crippen LogP contribution < -0.4 is 20.7 Å². The zero-order valence-corrected chi connectivity index (χ0v) is 31.4. The third kappa shape index (κ3) is 12.9. The molecule has 4 rings (SSSR count). The van der Waals surface area contributed by atoms with Crippen LogP contribution in [0.4, 0.5) is 8.78 Å². The van der Waals surface area contributed by atoms with Crippen LogP contribution in [0.15, 0.2) is 43.0 Å². The molecule has 0 spiro atoms. The second-order valence-corrected chi connectivity index (χ2v) is 15.8. The molecule has 1 saturated carbocycles. The number of ether oxygens (including phenoxy) is 1. The molecule has 296 valence electrons. The van der Waals surface area contributed by atoms with E-state index in [1.807, 2.05) is 16.8 Å². The first-order valence-corrected chi connectivity index (χ1v) is 20.0. The van der Waals surface area contributed by atoms with E-state index in [0.29, 0.717) is 64.3 Å². The number of nitrogens with zero attached hydrogens (tertiary/aromatic N) is 3. The average molecular weight is 768 g/mol. The minimum Gasteiger partial charge on any atom is -0.379 e. The largest absolute Gasteiger partial charge is 0.383 e. The molecule has 14 nitrogen and oxygen atoms in total. The van der Waals surface area contributed by atoms with Gasteiger partial charge in [-0.3, -0.25) is 24.1 Å². The fourth-order valence-corrected chi connectivity index (χ4v) is 8.19. The molecule has 3 fully saturated rings. The van der Waals surface area contributed by atoms with Gasteiger partial charge in [-0.25, -0.2) is 0 Å². The van der Waals surface area contributed by atoms with Crippen LogP contribution in [-0.4, -0.2) is 143 Å². The summed E-state index contributed by atoms with van der Waals surface area (Å²) in [7, 11) is -2.24. The van der Waals surface area contributed by atoms with Crippen LogP contribution in [0.25, 0.3) is 0 Å². The number of ketones is 1. The number of carbonyl (C=O) groups is 4. The Morgan fingerprint density at radius 2 is 1.55 bits per heavy atom. The van der Waals surface area contributed by atoms with Gasteiger partial charge < -0.3 is 25.6 Å². The monoisotopic (exact) mass is 767 g/mol. The zero-order chi connectivity index (χ0) is 38.4. The summed E-state index contributed by atoms with van der Waals surface area (Å²) < 4.78 is 66.9. The minimum atomic E-state index is -4.43. The number of hydrogen-bond acceptors (Lipinski definition) is 9. The summed E-state index contributed by atoms with van der Waals surface area (Å²) in [4.78, 5) is 57.7. The highest BCUT2D eigenvalue weighted by atomic mass is 32.2. The molecule has 3 amide bonds. The molecule has 0 aromatic heterocycles. The van der Waals surface area contributed by atoms with E-state index in [1.54, 1.807) is 30.3 Å². The van der Waals surface area contributed by atoms with E-state index < -0.39 is 57.8 Å². The molecule has 0 bridgehead atoms. The number of piperazine rings is 1. The summed E-state index contributed by atoms with van der Waals surface area (Å²) >= 11 is 0. The highest BCUT2D eigenvalue weighted by molar-refractivity contribution is 7.87. The van der Waals surface area contributed by atoms with Gasteiger partial charge in [-0.2, -0.15) is 26.2 Å². The van der Waals surface area contributed by atoms with Crippen LogP contribution in [0.2, 0.25) is 0 Å². The minimum absolute atomic E-state index is 0.0439. The van der Waals surface area contributed by atoms with Crippen LogP contribution in [0.3, 0.4) is 0 Å². The number of likely N-dealkylation sites (N-methyl/N-ethyl adjacent to an activating group) is 1. The van der Waals surface area contributed by atoms with Crippen LogP contribution >= 0.6 is 0 Å². The molecule has 1 aromatic rings. The van der Waals surface area contributed by atoms with Gasteiger partial charge in [-0.15, -0.1) is 6.58 Å². The molecule has 3 aliphatic rings. The molecular weight excluding hydrogens is 713 g/mol. The van der Waals surface area contributed by atoms with E-state index in [1.165, 1.54) is 10.4 Å². The van der Waals surface area contributed by atoms with Crippen molar-refractivity contribution in [1.82, 2.24) is 34.8 Å². The first kappa shape index (κ1) is 42.4. The summed E-state index contributed by atoms with van der Waals surface area (Å²) in [6.45, 7) is 7.51. The van der Waals surface area contributed by atoms with Crippen molar-refractivity contribution >= 4 is 33.7 Å². The lowest BCUT2D eigenvalue weighted by Gasteiger charge is -2.33. The summed E-state index contributed by atoms with van der Waals surface area (Å²) in [5, 5.41) is 7.17. The molecule has 0 radical (unpaired) electrons. The maximum atomic E-state index is 15.5. The first-order chi connectivity index (χ1) is 25.3. The van der Waals surface area contributed by atoms with E-state index in [0.717, 1.165) is 19.3 Å². The van der Waals surface area contributed by atoms with Crippen molar-refractivity contribution < 1.29 is 41.1 Å². The predicted molar refractivity (Wildman–Crippen MR) is 195 cm³/mol. The molecule has 2 aliphatic heterocycles. The number of hydrogen-bond donors (Lipinski definition) is 4. The van der Waals surface area contributed by atoms with Gasteiger partial charge in [0.05, 0.1) is 19.3 Å². The number of alkyl halides is 2. The fraction of sp³-hybridized carbons (Fsp3) is 0.667. The van der Waals surface area contributed by atoms with E-state index in [9.17, 15) is 27.6 Å². The molecule has 3 atom stereocenters. The van der Waals surface area contributed by atoms with Gasteiger partial charge in [0.2, 0.25) is 17.6 Å². The fourth-order valence-electron chi connectivity index (χ4n) is 6.84. The number of Topliss-reactive ketones (excluding diaryl/α,β-unsaturated/α-hetero) is 1. The van der Waals surface area contributed by atoms with Gasteiger partial charge in [0.15, 0.2) is 0 Å². The zero-order valence-electron chi connectivity index (χ0n) is 30.6. The standard InChI is InChI=1S/C36H55F2N7O7S/c1-3-10-29(40-34(48)31(26-28-13-8-5-9-14-28)42-53(50,51)45-19-17-43(2)18-20-45)33(47)41-30(25-27-11-6-4-7-12-27)32(46)36(37,38)35(49)39-15-16-44-21-23-52-24-22-44/h3,5,8-9,13-14,27,29-31,42H,1,4,6-7,10-12,15-26H2,2H3,(H,39,49)(H,40,48)(H,41,47)/t29-,30-,31-/m0/s1. The Kier molecular flexibility index (Phi) is 16.3. The number of halogens is 2. The van der Waals surface area contributed by atoms with Crippen molar-refractivity contribution in [2.24, 2.45) is 5.92 Å².